The average Bonchev–Trinajstić information content (AvgIpc) is 2.02. The van der Waals surface area contributed by atoms with E-state index in [2.05, 4.69) is 19.9 Å². The first-order valence-electron chi connectivity index (χ1n) is 5.66. The van der Waals surface area contributed by atoms with Crippen molar-refractivity contribution in [1.82, 2.24) is 0 Å². The van der Waals surface area contributed by atoms with Gasteiger partial charge in [-0.15, -0.1) is 0 Å². The van der Waals surface area contributed by atoms with Crippen molar-refractivity contribution in [2.24, 2.45) is 11.7 Å². The molecule has 1 rings (SSSR count). The Labute approximate surface area is 82.4 Å². The lowest BCUT2D eigenvalue weighted by Gasteiger charge is -2.21. The maximum absolute atomic E-state index is 6.14. The van der Waals surface area contributed by atoms with Crippen LogP contribution in [0.5, 0.6) is 0 Å². The highest BCUT2D eigenvalue weighted by atomic mass is 14.6. The van der Waals surface area contributed by atoms with Gasteiger partial charge in [0.15, 0.2) is 0 Å². The van der Waals surface area contributed by atoms with Crippen molar-refractivity contribution < 1.29 is 0 Å². The second kappa shape index (κ2) is 5.43. The minimum absolute atomic E-state index is 0.304. The van der Waals surface area contributed by atoms with E-state index in [0.29, 0.717) is 12.0 Å². The van der Waals surface area contributed by atoms with Crippen LogP contribution in [0.3, 0.4) is 0 Å². The van der Waals surface area contributed by atoms with E-state index in [1.54, 1.807) is 0 Å². The average molecular weight is 181 g/mol. The molecule has 1 heteroatoms. The standard InChI is InChI=1S/C12H23N/c1-10(2)12(13)11-8-6-4-3-5-7-9-11/h8,10,12H,3-7,9,13H2,1-2H3. The third-order valence-corrected chi connectivity index (χ3v) is 2.97. The van der Waals surface area contributed by atoms with Crippen LogP contribution >= 0.6 is 0 Å². The SMILES string of the molecule is CC(C)C(N)C1=CCCCCCC1. The van der Waals surface area contributed by atoms with Gasteiger partial charge in [0.25, 0.3) is 0 Å². The lowest BCUT2D eigenvalue weighted by molar-refractivity contribution is 0.512. The summed E-state index contributed by atoms with van der Waals surface area (Å²) in [5, 5.41) is 0. The Morgan fingerprint density at radius 2 is 1.85 bits per heavy atom. The van der Waals surface area contributed by atoms with E-state index in [9.17, 15) is 0 Å². The summed E-state index contributed by atoms with van der Waals surface area (Å²) in [6, 6.07) is 0.304. The molecule has 13 heavy (non-hydrogen) atoms. The van der Waals surface area contributed by atoms with Crippen molar-refractivity contribution in [3.8, 4) is 0 Å². The van der Waals surface area contributed by atoms with Crippen molar-refractivity contribution >= 4 is 0 Å². The largest absolute Gasteiger partial charge is 0.324 e. The molecule has 0 bridgehead atoms. The molecule has 0 aromatic heterocycles. The Balaban J connectivity index is 2.53. The summed E-state index contributed by atoms with van der Waals surface area (Å²) in [4.78, 5) is 0. The second-order valence-corrected chi connectivity index (χ2v) is 4.50. The fourth-order valence-electron chi connectivity index (χ4n) is 1.95. The zero-order valence-electron chi connectivity index (χ0n) is 9.05. The van der Waals surface area contributed by atoms with Crippen LogP contribution in [0.1, 0.15) is 52.4 Å². The highest BCUT2D eigenvalue weighted by Gasteiger charge is 2.13. The summed E-state index contributed by atoms with van der Waals surface area (Å²) in [5.41, 5.74) is 7.65. The lowest BCUT2D eigenvalue weighted by atomic mass is 9.90. The summed E-state index contributed by atoms with van der Waals surface area (Å²) < 4.78 is 0. The Hall–Kier alpha value is -0.300. The van der Waals surface area contributed by atoms with Crippen molar-refractivity contribution in [3.63, 3.8) is 0 Å². The predicted octanol–water partition coefficient (Wildman–Crippen LogP) is 3.25. The van der Waals surface area contributed by atoms with Gasteiger partial charge in [-0.1, -0.05) is 38.3 Å². The van der Waals surface area contributed by atoms with Gasteiger partial charge in [0, 0.05) is 6.04 Å². The van der Waals surface area contributed by atoms with E-state index >= 15 is 0 Å². The van der Waals surface area contributed by atoms with Crippen molar-refractivity contribution in [1.29, 1.82) is 0 Å². The molecule has 2 N–H and O–H groups in total. The van der Waals surface area contributed by atoms with E-state index in [1.165, 1.54) is 44.1 Å². The number of rotatable bonds is 2. The van der Waals surface area contributed by atoms with E-state index in [4.69, 9.17) is 5.73 Å². The smallest absolute Gasteiger partial charge is 0.0276 e. The summed E-state index contributed by atoms with van der Waals surface area (Å²) >= 11 is 0. The van der Waals surface area contributed by atoms with Crippen LogP contribution in [0, 0.1) is 5.92 Å². The molecule has 1 aliphatic rings. The van der Waals surface area contributed by atoms with Gasteiger partial charge in [-0.3, -0.25) is 0 Å². The fraction of sp³-hybridized carbons (Fsp3) is 0.833. The van der Waals surface area contributed by atoms with Gasteiger partial charge >= 0.3 is 0 Å². The van der Waals surface area contributed by atoms with Gasteiger partial charge in [0.2, 0.25) is 0 Å². The third-order valence-electron chi connectivity index (χ3n) is 2.97. The van der Waals surface area contributed by atoms with Crippen LogP contribution in [0.25, 0.3) is 0 Å². The summed E-state index contributed by atoms with van der Waals surface area (Å²) in [7, 11) is 0. The van der Waals surface area contributed by atoms with Gasteiger partial charge in [-0.25, -0.2) is 0 Å². The van der Waals surface area contributed by atoms with E-state index in [0.717, 1.165) is 0 Å². The van der Waals surface area contributed by atoms with Gasteiger partial charge in [-0.2, -0.15) is 0 Å². The molecule has 0 spiro atoms. The number of allylic oxidation sites excluding steroid dienone is 1. The first kappa shape index (κ1) is 10.8. The number of hydrogen-bond donors (Lipinski definition) is 1. The van der Waals surface area contributed by atoms with Crippen molar-refractivity contribution in [2.75, 3.05) is 0 Å². The molecule has 0 aromatic carbocycles. The molecule has 0 saturated carbocycles. The highest BCUT2D eigenvalue weighted by molar-refractivity contribution is 5.11. The lowest BCUT2D eigenvalue weighted by Crippen LogP contribution is -2.28. The Kier molecular flexibility index (Phi) is 4.51. The zero-order chi connectivity index (χ0) is 9.68. The van der Waals surface area contributed by atoms with Gasteiger partial charge < -0.3 is 5.73 Å². The molecule has 76 valence electrons. The Morgan fingerprint density at radius 3 is 2.54 bits per heavy atom. The van der Waals surface area contributed by atoms with Crippen LogP contribution in [0.15, 0.2) is 11.6 Å². The Bertz CT molecular complexity index is 170. The van der Waals surface area contributed by atoms with Crippen LogP contribution in [-0.4, -0.2) is 6.04 Å². The van der Waals surface area contributed by atoms with Crippen LogP contribution in [-0.2, 0) is 0 Å². The molecule has 0 radical (unpaired) electrons. The summed E-state index contributed by atoms with van der Waals surface area (Å²) in [6.07, 6.45) is 10.4. The first-order valence-corrected chi connectivity index (χ1v) is 5.66. The topological polar surface area (TPSA) is 26.0 Å². The second-order valence-electron chi connectivity index (χ2n) is 4.50. The molecule has 1 atom stereocenters. The highest BCUT2D eigenvalue weighted by Crippen LogP contribution is 2.21. The quantitative estimate of drug-likeness (QED) is 0.650. The molecule has 1 nitrogen and oxygen atoms in total. The zero-order valence-corrected chi connectivity index (χ0v) is 9.05. The number of hydrogen-bond acceptors (Lipinski definition) is 1. The summed E-state index contributed by atoms with van der Waals surface area (Å²) in [6.45, 7) is 4.43. The molecular weight excluding hydrogens is 158 g/mol. The molecule has 0 amide bonds. The monoisotopic (exact) mass is 181 g/mol. The molecule has 0 heterocycles. The molecule has 1 unspecified atom stereocenters. The van der Waals surface area contributed by atoms with Gasteiger partial charge in [-0.05, 0) is 31.6 Å². The predicted molar refractivity (Wildman–Crippen MR) is 58.6 cm³/mol. The minimum atomic E-state index is 0.304. The van der Waals surface area contributed by atoms with E-state index in [-0.39, 0.29) is 0 Å². The number of nitrogens with two attached hydrogens (primary N) is 1. The van der Waals surface area contributed by atoms with E-state index < -0.39 is 0 Å². The minimum Gasteiger partial charge on any atom is -0.324 e. The normalized spacial score (nSPS) is 22.0. The van der Waals surface area contributed by atoms with Gasteiger partial charge in [0.05, 0.1) is 0 Å². The molecule has 0 aromatic rings. The van der Waals surface area contributed by atoms with Crippen molar-refractivity contribution in [3.05, 3.63) is 11.6 Å². The molecule has 0 fully saturated rings. The molecular formula is C12H23N. The van der Waals surface area contributed by atoms with Crippen LogP contribution in [0.4, 0.5) is 0 Å². The van der Waals surface area contributed by atoms with Crippen LogP contribution < -0.4 is 5.73 Å². The summed E-state index contributed by atoms with van der Waals surface area (Å²) in [5.74, 6) is 0.589. The Morgan fingerprint density at radius 1 is 1.15 bits per heavy atom. The fourth-order valence-corrected chi connectivity index (χ4v) is 1.95. The van der Waals surface area contributed by atoms with Crippen molar-refractivity contribution in [2.45, 2.75) is 58.4 Å². The third kappa shape index (κ3) is 3.51. The molecule has 0 saturated heterocycles. The molecule has 1 aliphatic carbocycles. The first-order chi connectivity index (χ1) is 6.22. The van der Waals surface area contributed by atoms with E-state index in [1.807, 2.05) is 0 Å². The van der Waals surface area contributed by atoms with Crippen LogP contribution in [0.2, 0.25) is 0 Å². The van der Waals surface area contributed by atoms with Gasteiger partial charge in [0.1, 0.15) is 0 Å². The molecule has 0 aliphatic heterocycles. The maximum Gasteiger partial charge on any atom is 0.0276 e. The maximum atomic E-state index is 6.14.